The highest BCUT2D eigenvalue weighted by Gasteiger charge is 2.37. The molecule has 0 radical (unpaired) electrons. The van der Waals surface area contributed by atoms with Crippen LogP contribution in [-0.4, -0.2) is 4.98 Å². The van der Waals surface area contributed by atoms with E-state index >= 15 is 0 Å². The minimum atomic E-state index is -5.12. The second-order valence-corrected chi connectivity index (χ2v) is 2.56. The fourth-order valence-electron chi connectivity index (χ4n) is 0.887. The molecular formula is C7H3F6NO. The average Bonchev–Trinajstić information content (AvgIpc) is 2.06. The first-order valence-corrected chi connectivity index (χ1v) is 3.51. The van der Waals surface area contributed by atoms with Gasteiger partial charge in [0.1, 0.15) is 0 Å². The lowest BCUT2D eigenvalue weighted by Gasteiger charge is -2.08. The van der Waals surface area contributed by atoms with Crippen molar-refractivity contribution in [3.63, 3.8) is 0 Å². The van der Waals surface area contributed by atoms with Crippen molar-refractivity contribution in [1.82, 2.24) is 4.98 Å². The van der Waals surface area contributed by atoms with Crippen molar-refractivity contribution < 1.29 is 26.3 Å². The van der Waals surface area contributed by atoms with Crippen molar-refractivity contribution in [1.29, 1.82) is 0 Å². The van der Waals surface area contributed by atoms with Crippen molar-refractivity contribution in [3.05, 3.63) is 33.5 Å². The van der Waals surface area contributed by atoms with Gasteiger partial charge in [-0.15, -0.1) is 0 Å². The van der Waals surface area contributed by atoms with E-state index in [9.17, 15) is 31.1 Å². The third-order valence-corrected chi connectivity index (χ3v) is 1.57. The SMILES string of the molecule is O=c1c(C(F)F)c[nH]c(C(F)(F)F)c1F. The summed E-state index contributed by atoms with van der Waals surface area (Å²) >= 11 is 0. The van der Waals surface area contributed by atoms with Gasteiger partial charge >= 0.3 is 6.18 Å². The molecule has 1 heterocycles. The van der Waals surface area contributed by atoms with Gasteiger partial charge < -0.3 is 4.98 Å². The molecule has 0 unspecified atom stereocenters. The van der Waals surface area contributed by atoms with Crippen molar-refractivity contribution in [2.24, 2.45) is 0 Å². The monoisotopic (exact) mass is 231 g/mol. The van der Waals surface area contributed by atoms with Gasteiger partial charge in [-0.2, -0.15) is 13.2 Å². The van der Waals surface area contributed by atoms with Crippen molar-refractivity contribution in [2.45, 2.75) is 12.6 Å². The molecule has 0 amide bonds. The van der Waals surface area contributed by atoms with Gasteiger partial charge in [0.2, 0.25) is 5.43 Å². The van der Waals surface area contributed by atoms with Crippen LogP contribution in [0.1, 0.15) is 17.7 Å². The Hall–Kier alpha value is -1.47. The zero-order valence-electron chi connectivity index (χ0n) is 6.83. The molecule has 1 rings (SSSR count). The summed E-state index contributed by atoms with van der Waals surface area (Å²) in [6.45, 7) is 0. The molecule has 0 fully saturated rings. The lowest BCUT2D eigenvalue weighted by atomic mass is 10.2. The zero-order chi connectivity index (χ0) is 11.8. The number of alkyl halides is 5. The van der Waals surface area contributed by atoms with Crippen LogP contribution in [0, 0.1) is 5.82 Å². The third kappa shape index (κ3) is 2.13. The molecule has 1 aromatic rings. The van der Waals surface area contributed by atoms with E-state index in [0.29, 0.717) is 0 Å². The highest BCUT2D eigenvalue weighted by molar-refractivity contribution is 5.19. The van der Waals surface area contributed by atoms with Crippen molar-refractivity contribution in [2.75, 3.05) is 0 Å². The summed E-state index contributed by atoms with van der Waals surface area (Å²) in [5.41, 5.74) is -5.24. The topological polar surface area (TPSA) is 32.9 Å². The van der Waals surface area contributed by atoms with Crippen LogP contribution in [0.15, 0.2) is 11.0 Å². The summed E-state index contributed by atoms with van der Waals surface area (Å²) < 4.78 is 72.5. The highest BCUT2D eigenvalue weighted by Crippen LogP contribution is 2.29. The fourth-order valence-corrected chi connectivity index (χ4v) is 0.887. The number of pyridine rings is 1. The van der Waals surface area contributed by atoms with Crippen LogP contribution < -0.4 is 5.43 Å². The summed E-state index contributed by atoms with van der Waals surface area (Å²) in [4.78, 5) is 12.0. The van der Waals surface area contributed by atoms with Gasteiger partial charge in [0.05, 0.1) is 5.56 Å². The van der Waals surface area contributed by atoms with E-state index in [1.165, 1.54) is 4.98 Å². The molecule has 1 N–H and O–H groups in total. The largest absolute Gasteiger partial charge is 0.434 e. The average molecular weight is 231 g/mol. The minimum absolute atomic E-state index is 0.152. The van der Waals surface area contributed by atoms with Gasteiger partial charge in [-0.25, -0.2) is 13.2 Å². The second-order valence-electron chi connectivity index (χ2n) is 2.56. The first kappa shape index (κ1) is 11.6. The fraction of sp³-hybridized carbons (Fsp3) is 0.286. The Morgan fingerprint density at radius 2 is 1.80 bits per heavy atom. The Balaban J connectivity index is 3.42. The predicted molar refractivity (Wildman–Crippen MR) is 37.0 cm³/mol. The maximum atomic E-state index is 12.7. The van der Waals surface area contributed by atoms with Crippen LogP contribution in [0.4, 0.5) is 26.3 Å². The number of aromatic amines is 1. The number of aromatic nitrogens is 1. The molecule has 84 valence electrons. The van der Waals surface area contributed by atoms with Gasteiger partial charge in [0, 0.05) is 6.20 Å². The molecular weight excluding hydrogens is 228 g/mol. The molecule has 0 aliphatic rings. The third-order valence-electron chi connectivity index (χ3n) is 1.57. The maximum absolute atomic E-state index is 12.7. The van der Waals surface area contributed by atoms with Gasteiger partial charge in [-0.05, 0) is 0 Å². The summed E-state index contributed by atoms with van der Waals surface area (Å²) in [5, 5.41) is 0. The van der Waals surface area contributed by atoms with Gasteiger partial charge in [0.25, 0.3) is 6.43 Å². The van der Waals surface area contributed by atoms with Crippen molar-refractivity contribution in [3.8, 4) is 0 Å². The predicted octanol–water partition coefficient (Wildman–Crippen LogP) is 2.47. The highest BCUT2D eigenvalue weighted by atomic mass is 19.4. The Bertz CT molecular complexity index is 420. The van der Waals surface area contributed by atoms with Crippen LogP contribution in [0.5, 0.6) is 0 Å². The van der Waals surface area contributed by atoms with Gasteiger partial charge in [-0.3, -0.25) is 4.79 Å². The summed E-state index contributed by atoms with van der Waals surface area (Å²) in [7, 11) is 0. The molecule has 15 heavy (non-hydrogen) atoms. The van der Waals surface area contributed by atoms with E-state index < -0.39 is 35.1 Å². The van der Waals surface area contributed by atoms with E-state index in [0.717, 1.165) is 0 Å². The number of rotatable bonds is 1. The Morgan fingerprint density at radius 3 is 2.20 bits per heavy atom. The van der Waals surface area contributed by atoms with E-state index in [1.54, 1.807) is 0 Å². The molecule has 2 nitrogen and oxygen atoms in total. The van der Waals surface area contributed by atoms with Crippen LogP contribution in [-0.2, 0) is 6.18 Å². The van der Waals surface area contributed by atoms with Crippen LogP contribution >= 0.6 is 0 Å². The number of nitrogens with one attached hydrogen (secondary N) is 1. The number of hydrogen-bond donors (Lipinski definition) is 1. The molecule has 8 heteroatoms. The van der Waals surface area contributed by atoms with Crippen molar-refractivity contribution >= 4 is 0 Å². The zero-order valence-corrected chi connectivity index (χ0v) is 6.83. The second kappa shape index (κ2) is 3.59. The molecule has 0 bridgehead atoms. The number of hydrogen-bond acceptors (Lipinski definition) is 1. The molecule has 0 saturated heterocycles. The normalized spacial score (nSPS) is 12.2. The lowest BCUT2D eigenvalue weighted by Crippen LogP contribution is -2.22. The lowest BCUT2D eigenvalue weighted by molar-refractivity contribution is -0.143. The minimum Gasteiger partial charge on any atom is -0.355 e. The first-order valence-electron chi connectivity index (χ1n) is 3.51. The van der Waals surface area contributed by atoms with Crippen LogP contribution in [0.25, 0.3) is 0 Å². The van der Waals surface area contributed by atoms with E-state index in [-0.39, 0.29) is 6.20 Å². The summed E-state index contributed by atoms with van der Waals surface area (Å²) in [6.07, 6.45) is -8.30. The standard InChI is InChI=1S/C7H3F6NO/c8-3-4(15)2(6(9)10)1-14-5(3)7(11,12)13/h1,6H,(H,14,15). The van der Waals surface area contributed by atoms with Crippen LogP contribution in [0.2, 0.25) is 0 Å². The molecule has 0 aliphatic heterocycles. The molecule has 1 aromatic heterocycles. The van der Waals surface area contributed by atoms with Gasteiger partial charge in [0.15, 0.2) is 11.5 Å². The molecule has 0 atom stereocenters. The quantitative estimate of drug-likeness (QED) is 0.740. The first-order chi connectivity index (χ1) is 6.75. The Morgan fingerprint density at radius 1 is 1.27 bits per heavy atom. The van der Waals surface area contributed by atoms with Gasteiger partial charge in [-0.1, -0.05) is 0 Å². The summed E-state index contributed by atoms with van der Waals surface area (Å²) in [5.74, 6) is -2.25. The smallest absolute Gasteiger partial charge is 0.355 e. The number of halogens is 6. The maximum Gasteiger partial charge on any atom is 0.434 e. The number of H-pyrrole nitrogens is 1. The molecule has 0 aliphatic carbocycles. The molecule has 0 aromatic carbocycles. The molecule has 0 saturated carbocycles. The molecule has 0 spiro atoms. The van der Waals surface area contributed by atoms with E-state index in [4.69, 9.17) is 0 Å². The Labute approximate surface area is 78.5 Å². The summed E-state index contributed by atoms with van der Waals surface area (Å²) in [6, 6.07) is 0. The van der Waals surface area contributed by atoms with E-state index in [2.05, 4.69) is 0 Å². The Kier molecular flexibility index (Phi) is 2.78. The van der Waals surface area contributed by atoms with E-state index in [1.807, 2.05) is 0 Å². The van der Waals surface area contributed by atoms with Crippen LogP contribution in [0.3, 0.4) is 0 Å².